The highest BCUT2D eigenvalue weighted by Gasteiger charge is 2.05. The summed E-state index contributed by atoms with van der Waals surface area (Å²) in [5.74, 6) is 2.70. The van der Waals surface area contributed by atoms with Crippen molar-refractivity contribution in [3.63, 3.8) is 0 Å². The second-order valence-corrected chi connectivity index (χ2v) is 4.05. The van der Waals surface area contributed by atoms with Gasteiger partial charge in [-0.1, -0.05) is 15.9 Å². The summed E-state index contributed by atoms with van der Waals surface area (Å²) in [5.41, 5.74) is 0.749. The first-order chi connectivity index (χ1) is 5.65. The highest BCUT2D eigenvalue weighted by Crippen LogP contribution is 2.31. The molecule has 0 atom stereocenters. The average molecular weight is 290 g/mol. The highest BCUT2D eigenvalue weighted by molar-refractivity contribution is 9.11. The summed E-state index contributed by atoms with van der Waals surface area (Å²) >= 11 is 6.53. The van der Waals surface area contributed by atoms with Gasteiger partial charge >= 0.3 is 0 Å². The normalized spacial score (nSPS) is 9.42. The zero-order valence-electron chi connectivity index (χ0n) is 6.14. The molecule has 0 spiro atoms. The molecule has 0 bridgehead atoms. The molecule has 0 aliphatic carbocycles. The van der Waals surface area contributed by atoms with Crippen molar-refractivity contribution in [3.8, 4) is 18.1 Å². The van der Waals surface area contributed by atoms with Crippen LogP contribution in [0.15, 0.2) is 21.1 Å². The lowest BCUT2D eigenvalue weighted by Crippen LogP contribution is -1.84. The lowest BCUT2D eigenvalue weighted by molar-refractivity contribution is 0.466. The molecule has 0 saturated heterocycles. The number of phenolic OH excluding ortho intramolecular Hbond substituents is 1. The van der Waals surface area contributed by atoms with Gasteiger partial charge in [-0.2, -0.15) is 0 Å². The number of hydrogen-bond donors (Lipinski definition) is 1. The van der Waals surface area contributed by atoms with Crippen LogP contribution in [0.1, 0.15) is 5.56 Å². The maximum Gasteiger partial charge on any atom is 0.133 e. The van der Waals surface area contributed by atoms with Gasteiger partial charge in [0.2, 0.25) is 0 Å². The van der Waals surface area contributed by atoms with E-state index in [0.717, 1.165) is 10.0 Å². The monoisotopic (exact) mass is 288 g/mol. The van der Waals surface area contributed by atoms with E-state index in [4.69, 9.17) is 6.42 Å². The molecule has 0 saturated carbocycles. The van der Waals surface area contributed by atoms with E-state index < -0.39 is 0 Å². The third-order valence-electron chi connectivity index (χ3n) is 1.40. The molecule has 0 amide bonds. The molecule has 62 valence electrons. The van der Waals surface area contributed by atoms with E-state index in [0.29, 0.717) is 10.9 Å². The molecular formula is C9H6Br2O. The molecule has 0 unspecified atom stereocenters. The van der Waals surface area contributed by atoms with Crippen molar-refractivity contribution in [2.45, 2.75) is 6.42 Å². The van der Waals surface area contributed by atoms with Crippen LogP contribution in [0.3, 0.4) is 0 Å². The van der Waals surface area contributed by atoms with Crippen LogP contribution in [0.5, 0.6) is 5.75 Å². The smallest absolute Gasteiger partial charge is 0.133 e. The predicted molar refractivity (Wildman–Crippen MR) is 56.0 cm³/mol. The zero-order valence-corrected chi connectivity index (χ0v) is 9.31. The van der Waals surface area contributed by atoms with Crippen LogP contribution in [-0.2, 0) is 6.42 Å². The van der Waals surface area contributed by atoms with Crippen molar-refractivity contribution >= 4 is 31.9 Å². The van der Waals surface area contributed by atoms with Gasteiger partial charge in [-0.15, -0.1) is 12.3 Å². The van der Waals surface area contributed by atoms with Crippen LogP contribution in [0.4, 0.5) is 0 Å². The Morgan fingerprint density at radius 3 is 2.67 bits per heavy atom. The third-order valence-corrected chi connectivity index (χ3v) is 2.46. The summed E-state index contributed by atoms with van der Waals surface area (Å²) in [5, 5.41) is 9.49. The van der Waals surface area contributed by atoms with Crippen molar-refractivity contribution in [1.82, 2.24) is 0 Å². The maximum atomic E-state index is 9.49. The van der Waals surface area contributed by atoms with Gasteiger partial charge in [-0.25, -0.2) is 0 Å². The molecule has 0 aromatic heterocycles. The summed E-state index contributed by atoms with van der Waals surface area (Å²) in [6, 6.07) is 3.58. The Labute approximate surface area is 88.1 Å². The number of rotatable bonds is 1. The second-order valence-electron chi connectivity index (χ2n) is 2.28. The Morgan fingerprint density at radius 2 is 2.08 bits per heavy atom. The first-order valence-corrected chi connectivity index (χ1v) is 4.84. The fourth-order valence-electron chi connectivity index (χ4n) is 0.864. The SMILES string of the molecule is C#CCc1cc(Br)cc(Br)c1O. The number of terminal acetylenes is 1. The summed E-state index contributed by atoms with van der Waals surface area (Å²) in [6.07, 6.45) is 5.57. The molecule has 1 nitrogen and oxygen atoms in total. The molecule has 1 aromatic rings. The van der Waals surface area contributed by atoms with Crippen molar-refractivity contribution in [2.75, 3.05) is 0 Å². The highest BCUT2D eigenvalue weighted by atomic mass is 79.9. The van der Waals surface area contributed by atoms with Gasteiger partial charge in [0, 0.05) is 16.5 Å². The summed E-state index contributed by atoms with van der Waals surface area (Å²) in [7, 11) is 0. The van der Waals surface area contributed by atoms with Gasteiger partial charge < -0.3 is 5.11 Å². The standard InChI is InChI=1S/C9H6Br2O/c1-2-3-6-4-7(10)5-8(11)9(6)12/h1,4-5,12H,3H2. The quantitative estimate of drug-likeness (QED) is 0.788. The molecule has 0 aliphatic heterocycles. The Balaban J connectivity index is 3.20. The fraction of sp³-hybridized carbons (Fsp3) is 0.111. The largest absolute Gasteiger partial charge is 0.506 e. The Hall–Kier alpha value is -0.460. The zero-order chi connectivity index (χ0) is 9.14. The lowest BCUT2D eigenvalue weighted by Gasteiger charge is -2.03. The minimum absolute atomic E-state index is 0.219. The fourth-order valence-corrected chi connectivity index (χ4v) is 2.18. The van der Waals surface area contributed by atoms with Gasteiger partial charge in [0.1, 0.15) is 5.75 Å². The number of halogens is 2. The average Bonchev–Trinajstić information content (AvgIpc) is 2.00. The number of phenols is 1. The van der Waals surface area contributed by atoms with Crippen LogP contribution < -0.4 is 0 Å². The summed E-state index contributed by atoms with van der Waals surface area (Å²) in [4.78, 5) is 0. The molecule has 0 radical (unpaired) electrons. The summed E-state index contributed by atoms with van der Waals surface area (Å²) in [6.45, 7) is 0. The van der Waals surface area contributed by atoms with Gasteiger partial charge in [0.05, 0.1) is 4.47 Å². The van der Waals surface area contributed by atoms with Crippen molar-refractivity contribution < 1.29 is 5.11 Å². The van der Waals surface area contributed by atoms with Crippen molar-refractivity contribution in [3.05, 3.63) is 26.6 Å². The van der Waals surface area contributed by atoms with E-state index in [1.165, 1.54) is 0 Å². The molecule has 0 fully saturated rings. The van der Waals surface area contributed by atoms with Crippen LogP contribution in [0, 0.1) is 12.3 Å². The van der Waals surface area contributed by atoms with E-state index in [-0.39, 0.29) is 5.75 Å². The minimum Gasteiger partial charge on any atom is -0.506 e. The van der Waals surface area contributed by atoms with Gasteiger partial charge in [-0.3, -0.25) is 0 Å². The molecular weight excluding hydrogens is 284 g/mol. The van der Waals surface area contributed by atoms with Crippen LogP contribution in [-0.4, -0.2) is 5.11 Å². The van der Waals surface area contributed by atoms with Crippen molar-refractivity contribution in [2.24, 2.45) is 0 Å². The maximum absolute atomic E-state index is 9.49. The Morgan fingerprint density at radius 1 is 1.42 bits per heavy atom. The summed E-state index contributed by atoms with van der Waals surface area (Å²) < 4.78 is 1.56. The van der Waals surface area contributed by atoms with Crippen LogP contribution in [0.2, 0.25) is 0 Å². The van der Waals surface area contributed by atoms with Crippen LogP contribution in [0.25, 0.3) is 0 Å². The Kier molecular flexibility index (Phi) is 3.19. The van der Waals surface area contributed by atoms with Crippen LogP contribution >= 0.6 is 31.9 Å². The molecule has 1 N–H and O–H groups in total. The van der Waals surface area contributed by atoms with Gasteiger partial charge in [0.15, 0.2) is 0 Å². The number of aromatic hydroxyl groups is 1. The topological polar surface area (TPSA) is 20.2 Å². The molecule has 1 aromatic carbocycles. The molecule has 3 heteroatoms. The van der Waals surface area contributed by atoms with E-state index >= 15 is 0 Å². The van der Waals surface area contributed by atoms with E-state index in [9.17, 15) is 5.11 Å². The molecule has 12 heavy (non-hydrogen) atoms. The Bertz CT molecular complexity index is 339. The molecule has 0 aliphatic rings. The molecule has 1 rings (SSSR count). The lowest BCUT2D eigenvalue weighted by atomic mass is 10.1. The molecule has 0 heterocycles. The van der Waals surface area contributed by atoms with Gasteiger partial charge in [0.25, 0.3) is 0 Å². The minimum atomic E-state index is 0.219. The number of hydrogen-bond acceptors (Lipinski definition) is 1. The second kappa shape index (κ2) is 3.97. The van der Waals surface area contributed by atoms with E-state index in [1.807, 2.05) is 0 Å². The third kappa shape index (κ3) is 2.02. The van der Waals surface area contributed by atoms with Gasteiger partial charge in [-0.05, 0) is 28.1 Å². The first-order valence-electron chi connectivity index (χ1n) is 3.25. The number of benzene rings is 1. The van der Waals surface area contributed by atoms with Crippen molar-refractivity contribution in [1.29, 1.82) is 0 Å². The predicted octanol–water partition coefficient (Wildman–Crippen LogP) is 3.09. The van der Waals surface area contributed by atoms with E-state index in [2.05, 4.69) is 37.8 Å². The first kappa shape index (κ1) is 9.63. The van der Waals surface area contributed by atoms with E-state index in [1.54, 1.807) is 12.1 Å².